The van der Waals surface area contributed by atoms with E-state index in [0.717, 1.165) is 29.6 Å². The van der Waals surface area contributed by atoms with Crippen molar-refractivity contribution in [3.05, 3.63) is 0 Å². The van der Waals surface area contributed by atoms with Crippen molar-refractivity contribution < 1.29 is 0 Å². The van der Waals surface area contributed by atoms with Gasteiger partial charge in [-0.05, 0) is 48.9 Å². The fraction of sp³-hybridized carbons (Fsp3) is 1.00. The summed E-state index contributed by atoms with van der Waals surface area (Å²) in [5.41, 5.74) is 0. The molecule has 0 N–H and O–H groups in total. The number of rotatable bonds is 2. The number of hydrogen-bond acceptors (Lipinski definition) is 0. The average Bonchev–Trinajstić information content (AvgIpc) is 2.67. The van der Waals surface area contributed by atoms with Gasteiger partial charge >= 0.3 is 0 Å². The van der Waals surface area contributed by atoms with Crippen LogP contribution in [0.3, 0.4) is 0 Å². The topological polar surface area (TPSA) is 0 Å². The molecule has 4 unspecified atom stereocenters. The molecule has 15 heavy (non-hydrogen) atoms. The zero-order valence-electron chi connectivity index (χ0n) is 10.8. The van der Waals surface area contributed by atoms with Gasteiger partial charge in [0.1, 0.15) is 0 Å². The van der Waals surface area contributed by atoms with Crippen molar-refractivity contribution in [2.45, 2.75) is 65.7 Å². The van der Waals surface area contributed by atoms with Crippen LogP contribution in [-0.4, -0.2) is 0 Å². The van der Waals surface area contributed by atoms with Crippen molar-refractivity contribution in [2.24, 2.45) is 29.6 Å². The van der Waals surface area contributed by atoms with E-state index in [-0.39, 0.29) is 0 Å². The third kappa shape index (κ3) is 2.40. The molecule has 2 aliphatic rings. The lowest BCUT2D eigenvalue weighted by molar-refractivity contribution is 0.122. The van der Waals surface area contributed by atoms with E-state index in [4.69, 9.17) is 0 Å². The molecule has 0 heterocycles. The van der Waals surface area contributed by atoms with E-state index in [9.17, 15) is 0 Å². The molecule has 0 amide bonds. The Morgan fingerprint density at radius 1 is 0.800 bits per heavy atom. The maximum Gasteiger partial charge on any atom is -0.0352 e. The minimum Gasteiger partial charge on any atom is -0.0625 e. The van der Waals surface area contributed by atoms with Crippen LogP contribution in [0.2, 0.25) is 0 Å². The highest BCUT2D eigenvalue weighted by atomic mass is 14.4. The van der Waals surface area contributed by atoms with Gasteiger partial charge in [0, 0.05) is 0 Å². The van der Waals surface area contributed by atoms with Crippen LogP contribution in [0.4, 0.5) is 0 Å². The van der Waals surface area contributed by atoms with E-state index >= 15 is 0 Å². The Bertz CT molecular complexity index is 194. The van der Waals surface area contributed by atoms with Crippen molar-refractivity contribution >= 4 is 0 Å². The minimum absolute atomic E-state index is 0.923. The SMILES string of the molecule is CC(C)C1CCCC1C1CCCCC1C. The molecule has 0 aromatic rings. The molecular weight excluding hydrogens is 180 g/mol. The molecule has 0 aromatic heterocycles. The summed E-state index contributed by atoms with van der Waals surface area (Å²) in [6.45, 7) is 7.40. The van der Waals surface area contributed by atoms with Gasteiger partial charge in [0.2, 0.25) is 0 Å². The van der Waals surface area contributed by atoms with E-state index in [1.807, 2.05) is 0 Å². The average molecular weight is 208 g/mol. The van der Waals surface area contributed by atoms with Gasteiger partial charge < -0.3 is 0 Å². The first-order valence-electron chi connectivity index (χ1n) is 7.20. The predicted octanol–water partition coefficient (Wildman–Crippen LogP) is 4.89. The Kier molecular flexibility index (Phi) is 3.74. The van der Waals surface area contributed by atoms with Crippen LogP contribution in [0.5, 0.6) is 0 Å². The molecule has 0 spiro atoms. The molecule has 2 rings (SSSR count). The highest BCUT2D eigenvalue weighted by Crippen LogP contribution is 2.47. The summed E-state index contributed by atoms with van der Waals surface area (Å²) < 4.78 is 0. The molecule has 0 aliphatic heterocycles. The largest absolute Gasteiger partial charge is 0.0625 e. The molecular formula is C15H28. The van der Waals surface area contributed by atoms with E-state index < -0.39 is 0 Å². The van der Waals surface area contributed by atoms with Gasteiger partial charge in [0.15, 0.2) is 0 Å². The maximum atomic E-state index is 2.51. The second-order valence-corrected chi connectivity index (χ2v) is 6.43. The molecule has 0 heteroatoms. The normalized spacial score (nSPS) is 42.4. The summed E-state index contributed by atoms with van der Waals surface area (Å²) in [4.78, 5) is 0. The quantitative estimate of drug-likeness (QED) is 0.606. The third-order valence-corrected chi connectivity index (χ3v) is 5.21. The molecule has 0 radical (unpaired) electrons. The van der Waals surface area contributed by atoms with Gasteiger partial charge in [-0.25, -0.2) is 0 Å². The Labute approximate surface area is 95.8 Å². The standard InChI is InChI=1S/C15H28/c1-11(2)13-9-6-10-15(13)14-8-5-4-7-12(14)3/h11-15H,4-10H2,1-3H3. The van der Waals surface area contributed by atoms with Crippen LogP contribution in [0.15, 0.2) is 0 Å². The molecule has 2 aliphatic carbocycles. The van der Waals surface area contributed by atoms with E-state index in [1.165, 1.54) is 44.9 Å². The lowest BCUT2D eigenvalue weighted by Crippen LogP contribution is -2.29. The Hall–Kier alpha value is 0. The zero-order valence-corrected chi connectivity index (χ0v) is 10.8. The van der Waals surface area contributed by atoms with Gasteiger partial charge in [-0.1, -0.05) is 46.5 Å². The fourth-order valence-corrected chi connectivity index (χ4v) is 4.36. The second kappa shape index (κ2) is 4.89. The van der Waals surface area contributed by atoms with Gasteiger partial charge in [-0.2, -0.15) is 0 Å². The lowest BCUT2D eigenvalue weighted by Gasteiger charge is -2.37. The number of hydrogen-bond donors (Lipinski definition) is 0. The van der Waals surface area contributed by atoms with E-state index in [1.54, 1.807) is 0 Å². The molecule has 0 bridgehead atoms. The third-order valence-electron chi connectivity index (χ3n) is 5.21. The Morgan fingerprint density at radius 2 is 1.47 bits per heavy atom. The Balaban J connectivity index is 2.01. The summed E-state index contributed by atoms with van der Waals surface area (Å²) in [5, 5.41) is 0. The van der Waals surface area contributed by atoms with Crippen LogP contribution >= 0.6 is 0 Å². The highest BCUT2D eigenvalue weighted by molar-refractivity contribution is 4.88. The molecule has 4 atom stereocenters. The molecule has 88 valence electrons. The Morgan fingerprint density at radius 3 is 2.13 bits per heavy atom. The molecule has 2 fully saturated rings. The highest BCUT2D eigenvalue weighted by Gasteiger charge is 2.38. The summed E-state index contributed by atoms with van der Waals surface area (Å²) in [7, 11) is 0. The van der Waals surface area contributed by atoms with Crippen molar-refractivity contribution in [3.63, 3.8) is 0 Å². The first-order chi connectivity index (χ1) is 7.20. The minimum atomic E-state index is 0.923. The fourth-order valence-electron chi connectivity index (χ4n) is 4.36. The van der Waals surface area contributed by atoms with Gasteiger partial charge in [-0.15, -0.1) is 0 Å². The van der Waals surface area contributed by atoms with Gasteiger partial charge in [0.25, 0.3) is 0 Å². The monoisotopic (exact) mass is 208 g/mol. The van der Waals surface area contributed by atoms with Crippen LogP contribution in [0.25, 0.3) is 0 Å². The van der Waals surface area contributed by atoms with Crippen molar-refractivity contribution in [1.82, 2.24) is 0 Å². The molecule has 2 saturated carbocycles. The summed E-state index contributed by atoms with van der Waals surface area (Å²) in [5.74, 6) is 5.15. The first-order valence-corrected chi connectivity index (χ1v) is 7.20. The van der Waals surface area contributed by atoms with Gasteiger partial charge in [0.05, 0.1) is 0 Å². The summed E-state index contributed by atoms with van der Waals surface area (Å²) in [6.07, 6.45) is 10.6. The smallest absolute Gasteiger partial charge is 0.0352 e. The zero-order chi connectivity index (χ0) is 10.8. The first kappa shape index (κ1) is 11.5. The van der Waals surface area contributed by atoms with Crippen molar-refractivity contribution in [3.8, 4) is 0 Å². The van der Waals surface area contributed by atoms with E-state index in [2.05, 4.69) is 20.8 Å². The van der Waals surface area contributed by atoms with Gasteiger partial charge in [-0.3, -0.25) is 0 Å². The van der Waals surface area contributed by atoms with Crippen LogP contribution < -0.4 is 0 Å². The molecule has 0 aromatic carbocycles. The molecule has 0 saturated heterocycles. The predicted molar refractivity (Wildman–Crippen MR) is 66.8 cm³/mol. The van der Waals surface area contributed by atoms with Crippen molar-refractivity contribution in [2.75, 3.05) is 0 Å². The van der Waals surface area contributed by atoms with Crippen LogP contribution in [0, 0.1) is 29.6 Å². The van der Waals surface area contributed by atoms with E-state index in [0.29, 0.717) is 0 Å². The summed E-state index contributed by atoms with van der Waals surface area (Å²) in [6, 6.07) is 0. The maximum absolute atomic E-state index is 2.51. The van der Waals surface area contributed by atoms with Crippen LogP contribution in [-0.2, 0) is 0 Å². The molecule has 0 nitrogen and oxygen atoms in total. The summed E-state index contributed by atoms with van der Waals surface area (Å²) >= 11 is 0. The lowest BCUT2D eigenvalue weighted by atomic mass is 9.68. The second-order valence-electron chi connectivity index (χ2n) is 6.43. The van der Waals surface area contributed by atoms with Crippen LogP contribution in [0.1, 0.15) is 65.7 Å². The van der Waals surface area contributed by atoms with Crippen molar-refractivity contribution in [1.29, 1.82) is 0 Å².